The van der Waals surface area contributed by atoms with Crippen LogP contribution in [0, 0.1) is 10.1 Å². The third kappa shape index (κ3) is 2.23. The second-order valence-corrected chi connectivity index (χ2v) is 6.30. The van der Waals surface area contributed by atoms with Gasteiger partial charge < -0.3 is 5.73 Å². The van der Waals surface area contributed by atoms with Crippen LogP contribution in [0.5, 0.6) is 0 Å². The van der Waals surface area contributed by atoms with Gasteiger partial charge in [0.15, 0.2) is 0 Å². The van der Waals surface area contributed by atoms with E-state index in [0.29, 0.717) is 12.8 Å². The quantitative estimate of drug-likeness (QED) is 0.595. The minimum Gasteiger partial charge on any atom is -0.378 e. The molecule has 1 aliphatic heterocycles. The summed E-state index contributed by atoms with van der Waals surface area (Å²) < 4.78 is 23.9. The van der Waals surface area contributed by atoms with Gasteiger partial charge in [0.05, 0.1) is 22.5 Å². The average Bonchev–Trinajstić information content (AvgIpc) is 2.60. The highest BCUT2D eigenvalue weighted by Gasteiger charge is 2.29. The molecule has 0 radical (unpaired) electrons. The smallest absolute Gasteiger partial charge is 0.330 e. The van der Waals surface area contributed by atoms with Crippen molar-refractivity contribution >= 4 is 21.3 Å². The molecule has 0 saturated carbocycles. The van der Waals surface area contributed by atoms with Crippen LogP contribution in [-0.2, 0) is 9.84 Å². The van der Waals surface area contributed by atoms with Gasteiger partial charge in [0.2, 0.25) is 5.82 Å². The SMILES string of the molecule is Nc1c([N+](=O)[O-])cnn1C1CCS(=O)(=O)CC1. The van der Waals surface area contributed by atoms with E-state index in [0.717, 1.165) is 6.20 Å². The third-order valence-corrected chi connectivity index (χ3v) is 4.60. The molecule has 1 saturated heterocycles. The van der Waals surface area contributed by atoms with Crippen molar-refractivity contribution in [3.8, 4) is 0 Å². The zero-order chi connectivity index (χ0) is 12.6. The third-order valence-electron chi connectivity index (χ3n) is 2.88. The van der Waals surface area contributed by atoms with Gasteiger partial charge in [-0.25, -0.2) is 13.1 Å². The van der Waals surface area contributed by atoms with Crippen molar-refractivity contribution in [1.29, 1.82) is 0 Å². The van der Waals surface area contributed by atoms with Crippen LogP contribution < -0.4 is 5.73 Å². The maximum Gasteiger partial charge on any atom is 0.330 e. The number of hydrogen-bond donors (Lipinski definition) is 1. The molecule has 0 aliphatic carbocycles. The van der Waals surface area contributed by atoms with Crippen LogP contribution in [0.4, 0.5) is 11.5 Å². The number of aromatic nitrogens is 2. The minimum atomic E-state index is -2.96. The second-order valence-electron chi connectivity index (χ2n) is 4.00. The van der Waals surface area contributed by atoms with Gasteiger partial charge in [-0.3, -0.25) is 10.1 Å². The van der Waals surface area contributed by atoms with Gasteiger partial charge in [-0.2, -0.15) is 5.10 Å². The summed E-state index contributed by atoms with van der Waals surface area (Å²) in [5.74, 6) is 0.134. The Balaban J connectivity index is 2.22. The topological polar surface area (TPSA) is 121 Å². The Morgan fingerprint density at radius 2 is 2.06 bits per heavy atom. The van der Waals surface area contributed by atoms with Gasteiger partial charge in [-0.05, 0) is 12.8 Å². The number of nitro groups is 1. The lowest BCUT2D eigenvalue weighted by atomic mass is 10.1. The van der Waals surface area contributed by atoms with Crippen molar-refractivity contribution in [3.63, 3.8) is 0 Å². The maximum absolute atomic E-state index is 11.3. The molecule has 1 aliphatic rings. The first-order valence-electron chi connectivity index (χ1n) is 5.08. The summed E-state index contributed by atoms with van der Waals surface area (Å²) in [6.07, 6.45) is 1.88. The van der Waals surface area contributed by atoms with E-state index < -0.39 is 14.8 Å². The van der Waals surface area contributed by atoms with Gasteiger partial charge in [0.25, 0.3) is 0 Å². The van der Waals surface area contributed by atoms with Gasteiger partial charge in [0.1, 0.15) is 16.0 Å². The molecule has 0 amide bonds. The van der Waals surface area contributed by atoms with E-state index in [4.69, 9.17) is 5.73 Å². The molecule has 1 aromatic rings. The number of hydrogen-bond acceptors (Lipinski definition) is 6. The maximum atomic E-state index is 11.3. The number of sulfone groups is 1. The Morgan fingerprint density at radius 1 is 1.47 bits per heavy atom. The van der Waals surface area contributed by atoms with E-state index >= 15 is 0 Å². The average molecular weight is 260 g/mol. The summed E-state index contributed by atoms with van der Waals surface area (Å²) in [6.45, 7) is 0. The lowest BCUT2D eigenvalue weighted by Gasteiger charge is -2.22. The van der Waals surface area contributed by atoms with Crippen LogP contribution in [0.1, 0.15) is 18.9 Å². The molecule has 1 fully saturated rings. The molecule has 2 rings (SSSR count). The summed E-state index contributed by atoms with van der Waals surface area (Å²) in [5.41, 5.74) is 5.37. The Hall–Kier alpha value is -1.64. The Morgan fingerprint density at radius 3 is 2.53 bits per heavy atom. The summed E-state index contributed by atoms with van der Waals surface area (Å²) in [7, 11) is -2.96. The van der Waals surface area contributed by atoms with Crippen LogP contribution in [0.15, 0.2) is 6.20 Å². The molecular weight excluding hydrogens is 248 g/mol. The van der Waals surface area contributed by atoms with E-state index in [1.807, 2.05) is 0 Å². The van der Waals surface area contributed by atoms with Crippen LogP contribution in [0.3, 0.4) is 0 Å². The molecule has 2 heterocycles. The van der Waals surface area contributed by atoms with Gasteiger partial charge in [-0.1, -0.05) is 0 Å². The summed E-state index contributed by atoms with van der Waals surface area (Å²) in [6, 6.07) is -0.174. The first-order chi connectivity index (χ1) is 7.91. The normalized spacial score (nSPS) is 20.2. The lowest BCUT2D eigenvalue weighted by Crippen LogP contribution is -2.26. The molecule has 17 heavy (non-hydrogen) atoms. The summed E-state index contributed by atoms with van der Waals surface area (Å²) in [5, 5.41) is 14.5. The van der Waals surface area contributed by atoms with Crippen molar-refractivity contribution < 1.29 is 13.3 Å². The zero-order valence-electron chi connectivity index (χ0n) is 8.94. The molecule has 0 unspecified atom stereocenters. The highest BCUT2D eigenvalue weighted by molar-refractivity contribution is 7.91. The number of rotatable bonds is 2. The first kappa shape index (κ1) is 11.8. The molecule has 1 aromatic heterocycles. The van der Waals surface area contributed by atoms with E-state index in [9.17, 15) is 18.5 Å². The van der Waals surface area contributed by atoms with E-state index in [1.54, 1.807) is 0 Å². The predicted octanol–water partition coefficient (Wildman–Crippen LogP) is 0.123. The molecule has 2 N–H and O–H groups in total. The largest absolute Gasteiger partial charge is 0.378 e. The van der Waals surface area contributed by atoms with Gasteiger partial charge >= 0.3 is 5.69 Å². The molecule has 0 spiro atoms. The Labute approximate surface area is 97.5 Å². The number of anilines is 1. The standard InChI is InChI=1S/C8H12N4O4S/c9-8-7(12(13)14)5-10-11(8)6-1-3-17(15,16)4-2-6/h5-6H,1-4,9H2. The molecule has 94 valence electrons. The fraction of sp³-hybridized carbons (Fsp3) is 0.625. The highest BCUT2D eigenvalue weighted by atomic mass is 32.2. The molecule has 0 bridgehead atoms. The van der Waals surface area contributed by atoms with Crippen molar-refractivity contribution in [2.75, 3.05) is 17.2 Å². The molecule has 8 nitrogen and oxygen atoms in total. The molecule has 9 heteroatoms. The monoisotopic (exact) mass is 260 g/mol. The number of nitrogen functional groups attached to an aromatic ring is 1. The lowest BCUT2D eigenvalue weighted by molar-refractivity contribution is -0.384. The van der Waals surface area contributed by atoms with E-state index in [1.165, 1.54) is 4.68 Å². The molecular formula is C8H12N4O4S. The highest BCUT2D eigenvalue weighted by Crippen LogP contribution is 2.29. The van der Waals surface area contributed by atoms with Crippen LogP contribution in [0.25, 0.3) is 0 Å². The van der Waals surface area contributed by atoms with Crippen molar-refractivity contribution in [2.24, 2.45) is 0 Å². The van der Waals surface area contributed by atoms with Crippen LogP contribution in [0.2, 0.25) is 0 Å². The molecule has 0 aromatic carbocycles. The first-order valence-corrected chi connectivity index (χ1v) is 6.90. The fourth-order valence-corrected chi connectivity index (χ4v) is 3.38. The summed E-state index contributed by atoms with van der Waals surface area (Å²) in [4.78, 5) is 10.00. The molecule has 0 atom stereocenters. The predicted molar refractivity (Wildman–Crippen MR) is 60.2 cm³/mol. The Bertz CT molecular complexity index is 536. The fourth-order valence-electron chi connectivity index (χ4n) is 1.92. The van der Waals surface area contributed by atoms with Gasteiger partial charge in [-0.15, -0.1) is 0 Å². The van der Waals surface area contributed by atoms with Gasteiger partial charge in [0, 0.05) is 0 Å². The minimum absolute atomic E-state index is 0.0145. The second kappa shape index (κ2) is 3.99. The van der Waals surface area contributed by atoms with Crippen LogP contribution in [-0.4, -0.2) is 34.6 Å². The van der Waals surface area contributed by atoms with E-state index in [-0.39, 0.29) is 29.1 Å². The Kier molecular flexibility index (Phi) is 2.77. The van der Waals surface area contributed by atoms with E-state index in [2.05, 4.69) is 5.10 Å². The van der Waals surface area contributed by atoms with Crippen molar-refractivity contribution in [1.82, 2.24) is 9.78 Å². The summed E-state index contributed by atoms with van der Waals surface area (Å²) >= 11 is 0. The van der Waals surface area contributed by atoms with Crippen LogP contribution >= 0.6 is 0 Å². The van der Waals surface area contributed by atoms with Crippen molar-refractivity contribution in [2.45, 2.75) is 18.9 Å². The van der Waals surface area contributed by atoms with Crippen molar-refractivity contribution in [3.05, 3.63) is 16.3 Å². The number of nitrogens with two attached hydrogens (primary N) is 1. The number of nitrogens with zero attached hydrogens (tertiary/aromatic N) is 3. The zero-order valence-corrected chi connectivity index (χ0v) is 9.76.